The molecule has 0 radical (unpaired) electrons. The minimum absolute atomic E-state index is 0.0249. The van der Waals surface area contributed by atoms with E-state index >= 15 is 0 Å². The molecule has 1 aromatic rings. The van der Waals surface area contributed by atoms with Crippen LogP contribution in [0.25, 0.3) is 0 Å². The van der Waals surface area contributed by atoms with Crippen LogP contribution in [-0.4, -0.2) is 13.0 Å². The molecule has 1 N–H and O–H groups in total. The lowest BCUT2D eigenvalue weighted by atomic mass is 10.1. The van der Waals surface area contributed by atoms with E-state index in [2.05, 4.69) is 5.32 Å². The third kappa shape index (κ3) is 5.89. The normalized spacial score (nSPS) is 7.60. The average molecular weight is 209 g/mol. The van der Waals surface area contributed by atoms with Gasteiger partial charge in [-0.2, -0.15) is 0 Å². The highest BCUT2D eigenvalue weighted by molar-refractivity contribution is 5.95. The van der Waals surface area contributed by atoms with Crippen molar-refractivity contribution in [3.63, 3.8) is 0 Å². The number of aryl methyl sites for hydroxylation is 1. The molecule has 0 aliphatic carbocycles. The summed E-state index contributed by atoms with van der Waals surface area (Å²) in [6, 6.07) is 7.51. The minimum Gasteiger partial charge on any atom is -0.355 e. The lowest BCUT2D eigenvalue weighted by molar-refractivity contribution is 0.0962. The fourth-order valence-corrected chi connectivity index (χ4v) is 0.962. The molecule has 15 heavy (non-hydrogen) atoms. The number of carbonyl (C=O) groups is 1. The number of benzene rings is 1. The molecule has 0 fully saturated rings. The van der Waals surface area contributed by atoms with Gasteiger partial charge in [0.1, 0.15) is 0 Å². The molecule has 2 heteroatoms. The smallest absolute Gasteiger partial charge is 0.251 e. The van der Waals surface area contributed by atoms with Crippen molar-refractivity contribution in [1.82, 2.24) is 5.32 Å². The summed E-state index contributed by atoms with van der Waals surface area (Å²) in [5.41, 5.74) is 1.75. The van der Waals surface area contributed by atoms with Gasteiger partial charge in [0.25, 0.3) is 5.91 Å². The topological polar surface area (TPSA) is 29.1 Å². The zero-order chi connectivity index (χ0) is 12.3. The van der Waals surface area contributed by atoms with Crippen LogP contribution in [0.15, 0.2) is 24.3 Å². The molecule has 0 saturated heterocycles. The van der Waals surface area contributed by atoms with E-state index in [1.54, 1.807) is 7.05 Å². The Hall–Kier alpha value is -1.31. The first-order valence-corrected chi connectivity index (χ1v) is 5.53. The number of amides is 1. The van der Waals surface area contributed by atoms with Crippen molar-refractivity contribution in [3.05, 3.63) is 35.4 Å². The second-order valence-corrected chi connectivity index (χ2v) is 2.39. The third-order valence-corrected chi connectivity index (χ3v) is 1.62. The van der Waals surface area contributed by atoms with Crippen LogP contribution in [0.2, 0.25) is 0 Å². The van der Waals surface area contributed by atoms with Gasteiger partial charge >= 0.3 is 0 Å². The largest absolute Gasteiger partial charge is 0.355 e. The van der Waals surface area contributed by atoms with Gasteiger partial charge in [-0.1, -0.05) is 45.9 Å². The summed E-state index contributed by atoms with van der Waals surface area (Å²) in [5.74, 6) is -0.0249. The van der Waals surface area contributed by atoms with Crippen molar-refractivity contribution in [2.45, 2.75) is 34.6 Å². The predicted molar refractivity (Wildman–Crippen MR) is 67.3 cm³/mol. The molecule has 0 aromatic heterocycles. The molecule has 0 spiro atoms. The summed E-state index contributed by atoms with van der Waals surface area (Å²) in [5, 5.41) is 2.58. The Morgan fingerprint density at radius 3 is 1.93 bits per heavy atom. The van der Waals surface area contributed by atoms with E-state index in [1.165, 1.54) is 0 Å². The van der Waals surface area contributed by atoms with Crippen LogP contribution in [-0.2, 0) is 0 Å². The number of nitrogens with one attached hydrogen (secondary N) is 1. The first kappa shape index (κ1) is 16.1. The molecule has 1 aromatic carbocycles. The van der Waals surface area contributed by atoms with Crippen LogP contribution in [0.5, 0.6) is 0 Å². The third-order valence-electron chi connectivity index (χ3n) is 1.62. The van der Waals surface area contributed by atoms with Crippen LogP contribution in [0.3, 0.4) is 0 Å². The lowest BCUT2D eigenvalue weighted by Gasteiger charge is -2.01. The maximum absolute atomic E-state index is 11.1. The zero-order valence-corrected chi connectivity index (χ0v) is 10.7. The van der Waals surface area contributed by atoms with E-state index in [9.17, 15) is 4.79 Å². The molecule has 1 amide bonds. The molecule has 86 valence electrons. The molecule has 0 heterocycles. The van der Waals surface area contributed by atoms with Gasteiger partial charge in [-0.15, -0.1) is 0 Å². The van der Waals surface area contributed by atoms with Gasteiger partial charge in [0.15, 0.2) is 0 Å². The Morgan fingerprint density at radius 1 is 1.07 bits per heavy atom. The first-order chi connectivity index (χ1) is 7.25. The van der Waals surface area contributed by atoms with Crippen LogP contribution < -0.4 is 5.32 Å². The average Bonchev–Trinajstić information content (AvgIpc) is 2.34. The van der Waals surface area contributed by atoms with E-state index in [4.69, 9.17) is 0 Å². The van der Waals surface area contributed by atoms with Crippen molar-refractivity contribution in [2.75, 3.05) is 7.05 Å². The first-order valence-electron chi connectivity index (χ1n) is 5.53. The monoisotopic (exact) mass is 209 g/mol. The van der Waals surface area contributed by atoms with Crippen molar-refractivity contribution in [1.29, 1.82) is 0 Å². The molecular weight excluding hydrogens is 186 g/mol. The second kappa shape index (κ2) is 10.8. The van der Waals surface area contributed by atoms with E-state index < -0.39 is 0 Å². The molecule has 0 bridgehead atoms. The van der Waals surface area contributed by atoms with E-state index in [1.807, 2.05) is 58.9 Å². The molecule has 0 atom stereocenters. The zero-order valence-electron chi connectivity index (χ0n) is 10.7. The fraction of sp³-hybridized carbons (Fsp3) is 0.462. The van der Waals surface area contributed by atoms with Gasteiger partial charge in [0.05, 0.1) is 0 Å². The van der Waals surface area contributed by atoms with Crippen LogP contribution in [0.1, 0.15) is 43.6 Å². The summed E-state index contributed by atoms with van der Waals surface area (Å²) in [7, 11) is 1.63. The van der Waals surface area contributed by atoms with Gasteiger partial charge in [-0.05, 0) is 18.6 Å². The SMILES string of the molecule is CC.CC.CNC(=O)c1ccccc1C. The highest BCUT2D eigenvalue weighted by Gasteiger charge is 2.03. The maximum Gasteiger partial charge on any atom is 0.251 e. The summed E-state index contributed by atoms with van der Waals surface area (Å²) in [6.07, 6.45) is 0. The number of carbonyl (C=O) groups excluding carboxylic acids is 1. The number of hydrogen-bond acceptors (Lipinski definition) is 1. The van der Waals surface area contributed by atoms with Gasteiger partial charge in [0.2, 0.25) is 0 Å². The van der Waals surface area contributed by atoms with E-state index in [-0.39, 0.29) is 5.91 Å². The van der Waals surface area contributed by atoms with Crippen LogP contribution in [0, 0.1) is 6.92 Å². The van der Waals surface area contributed by atoms with Crippen molar-refractivity contribution in [3.8, 4) is 0 Å². The van der Waals surface area contributed by atoms with Crippen molar-refractivity contribution in [2.24, 2.45) is 0 Å². The molecule has 0 unspecified atom stereocenters. The van der Waals surface area contributed by atoms with Gasteiger partial charge < -0.3 is 5.32 Å². The van der Waals surface area contributed by atoms with E-state index in [0.717, 1.165) is 11.1 Å². The molecule has 0 saturated carbocycles. The summed E-state index contributed by atoms with van der Waals surface area (Å²) < 4.78 is 0. The van der Waals surface area contributed by atoms with Crippen LogP contribution in [0.4, 0.5) is 0 Å². The van der Waals surface area contributed by atoms with Crippen LogP contribution >= 0.6 is 0 Å². The van der Waals surface area contributed by atoms with Crippen molar-refractivity contribution >= 4 is 5.91 Å². The predicted octanol–water partition coefficient (Wildman–Crippen LogP) is 3.41. The molecular formula is C13H23NO. The maximum atomic E-state index is 11.1. The Balaban J connectivity index is 0. The number of rotatable bonds is 1. The van der Waals surface area contributed by atoms with E-state index in [0.29, 0.717) is 0 Å². The Morgan fingerprint density at radius 2 is 1.53 bits per heavy atom. The fourth-order valence-electron chi connectivity index (χ4n) is 0.962. The second-order valence-electron chi connectivity index (χ2n) is 2.39. The lowest BCUT2D eigenvalue weighted by Crippen LogP contribution is -2.18. The Labute approximate surface area is 93.7 Å². The quantitative estimate of drug-likeness (QED) is 0.754. The molecule has 1 rings (SSSR count). The summed E-state index contributed by atoms with van der Waals surface area (Å²) in [6.45, 7) is 9.92. The minimum atomic E-state index is -0.0249. The highest BCUT2D eigenvalue weighted by Crippen LogP contribution is 2.05. The van der Waals surface area contributed by atoms with Crippen molar-refractivity contribution < 1.29 is 4.79 Å². The molecule has 0 aliphatic rings. The Kier molecular flexibility index (Phi) is 11.6. The van der Waals surface area contributed by atoms with Gasteiger partial charge in [0, 0.05) is 12.6 Å². The Bertz CT molecular complexity index is 269. The molecule has 2 nitrogen and oxygen atoms in total. The number of hydrogen-bond donors (Lipinski definition) is 1. The summed E-state index contributed by atoms with van der Waals surface area (Å²) in [4.78, 5) is 11.1. The van der Waals surface area contributed by atoms with Gasteiger partial charge in [-0.25, -0.2) is 0 Å². The van der Waals surface area contributed by atoms with Gasteiger partial charge in [-0.3, -0.25) is 4.79 Å². The summed E-state index contributed by atoms with van der Waals surface area (Å²) >= 11 is 0. The molecule has 0 aliphatic heterocycles. The standard InChI is InChI=1S/C9H11NO.2C2H6/c1-7-5-3-4-6-8(7)9(11)10-2;2*1-2/h3-6H,1-2H3,(H,10,11);2*1-2H3. The highest BCUT2D eigenvalue weighted by atomic mass is 16.1.